The molecule has 10 nitrogen and oxygen atoms in total. The quantitative estimate of drug-likeness (QED) is 0.439. The number of hydrogen-bond acceptors (Lipinski definition) is 8. The van der Waals surface area contributed by atoms with E-state index in [4.69, 9.17) is 25.8 Å². The number of carbonyl (C=O) groups is 1. The van der Waals surface area contributed by atoms with Gasteiger partial charge in [0.25, 0.3) is 15.9 Å². The molecule has 0 aliphatic heterocycles. The maximum Gasteiger partial charge on any atom is 0.268 e. The molecule has 180 valence electrons. The largest absolute Gasteiger partial charge is 0.497 e. The lowest BCUT2D eigenvalue weighted by Gasteiger charge is -2.12. The minimum Gasteiger partial charge on any atom is -0.497 e. The van der Waals surface area contributed by atoms with Crippen molar-refractivity contribution < 1.29 is 27.4 Å². The van der Waals surface area contributed by atoms with Crippen LogP contribution in [-0.2, 0) is 10.0 Å². The number of amides is 1. The molecule has 4 rings (SSSR count). The average molecular weight is 507 g/mol. The van der Waals surface area contributed by atoms with Gasteiger partial charge < -0.3 is 14.2 Å². The molecule has 1 saturated carbocycles. The smallest absolute Gasteiger partial charge is 0.268 e. The van der Waals surface area contributed by atoms with Crippen molar-refractivity contribution in [3.63, 3.8) is 0 Å². The molecule has 0 bridgehead atoms. The van der Waals surface area contributed by atoms with Crippen LogP contribution in [0.25, 0.3) is 5.82 Å². The minimum atomic E-state index is -4.27. The second-order valence-electron chi connectivity index (χ2n) is 8.16. The van der Waals surface area contributed by atoms with Crippen LogP contribution in [0.15, 0.2) is 47.5 Å². The van der Waals surface area contributed by atoms with E-state index in [2.05, 4.69) is 17.0 Å². The zero-order valence-corrected chi connectivity index (χ0v) is 20.3. The van der Waals surface area contributed by atoms with Gasteiger partial charge in [0.05, 0.1) is 26.4 Å². The topological polar surface area (TPSA) is 122 Å². The summed E-state index contributed by atoms with van der Waals surface area (Å²) in [6, 6.07) is 8.69. The molecule has 12 heteroatoms. The molecule has 0 saturated heterocycles. The molecule has 0 spiro atoms. The van der Waals surface area contributed by atoms with Crippen LogP contribution in [0.2, 0.25) is 5.15 Å². The minimum absolute atomic E-state index is 0.0200. The summed E-state index contributed by atoms with van der Waals surface area (Å²) >= 11 is 6.20. The number of methoxy groups -OCH3 is 2. The zero-order chi connectivity index (χ0) is 24.5. The van der Waals surface area contributed by atoms with Gasteiger partial charge in [0, 0.05) is 23.7 Å². The number of benzene rings is 1. The first kappa shape index (κ1) is 23.8. The number of nitrogens with one attached hydrogen (secondary N) is 1. The summed E-state index contributed by atoms with van der Waals surface area (Å²) in [5, 5.41) is 4.13. The van der Waals surface area contributed by atoms with Crippen molar-refractivity contribution in [2.45, 2.75) is 24.7 Å². The van der Waals surface area contributed by atoms with Crippen LogP contribution >= 0.6 is 11.6 Å². The number of hydrogen-bond donors (Lipinski definition) is 1. The fourth-order valence-corrected chi connectivity index (χ4v) is 4.42. The number of nitrogens with zero attached hydrogens (tertiary/aromatic N) is 3. The van der Waals surface area contributed by atoms with Crippen LogP contribution in [0.1, 0.15) is 30.1 Å². The van der Waals surface area contributed by atoms with Crippen LogP contribution in [-0.4, -0.2) is 49.9 Å². The third-order valence-electron chi connectivity index (χ3n) is 5.44. The summed E-state index contributed by atoms with van der Waals surface area (Å²) in [7, 11) is -1.51. The Balaban J connectivity index is 1.50. The fraction of sp³-hybridized carbons (Fsp3) is 0.318. The second kappa shape index (κ2) is 9.15. The zero-order valence-electron chi connectivity index (χ0n) is 18.7. The van der Waals surface area contributed by atoms with Crippen LogP contribution in [0, 0.1) is 5.41 Å². The van der Waals surface area contributed by atoms with Crippen molar-refractivity contribution in [1.82, 2.24) is 19.5 Å². The summed E-state index contributed by atoms with van der Waals surface area (Å²) in [6.07, 6.45) is 3.92. The monoisotopic (exact) mass is 506 g/mol. The lowest BCUT2D eigenvalue weighted by Crippen LogP contribution is -2.31. The van der Waals surface area contributed by atoms with E-state index in [-0.39, 0.29) is 26.8 Å². The predicted molar refractivity (Wildman–Crippen MR) is 123 cm³/mol. The van der Waals surface area contributed by atoms with E-state index in [9.17, 15) is 13.2 Å². The molecule has 1 fully saturated rings. The number of sulfonamides is 1. The maximum atomic E-state index is 12.8. The summed E-state index contributed by atoms with van der Waals surface area (Å²) < 4.78 is 44.9. The maximum absolute atomic E-state index is 12.8. The Hall–Kier alpha value is -3.31. The molecule has 34 heavy (non-hydrogen) atoms. The first-order valence-corrected chi connectivity index (χ1v) is 12.1. The SMILES string of the molecule is COc1ccc(S(=O)(=O)NC(=O)c2ccc(-n3ccc(OCC4(C)CC4)n3)nc2Cl)c(OC)c1. The van der Waals surface area contributed by atoms with Crippen molar-refractivity contribution >= 4 is 27.5 Å². The van der Waals surface area contributed by atoms with Crippen LogP contribution in [0.5, 0.6) is 17.4 Å². The van der Waals surface area contributed by atoms with Crippen molar-refractivity contribution in [2.75, 3.05) is 20.8 Å². The highest BCUT2D eigenvalue weighted by Gasteiger charge is 2.38. The van der Waals surface area contributed by atoms with E-state index in [0.717, 1.165) is 12.8 Å². The molecule has 1 aliphatic rings. The summed E-state index contributed by atoms with van der Waals surface area (Å²) in [4.78, 5) is 16.6. The van der Waals surface area contributed by atoms with Crippen LogP contribution in [0.3, 0.4) is 0 Å². The average Bonchev–Trinajstić information content (AvgIpc) is 3.36. The highest BCUT2D eigenvalue weighted by Crippen LogP contribution is 2.44. The summed E-state index contributed by atoms with van der Waals surface area (Å²) in [5.41, 5.74) is 0.100. The van der Waals surface area contributed by atoms with E-state index in [1.807, 2.05) is 4.72 Å². The van der Waals surface area contributed by atoms with E-state index in [0.29, 0.717) is 24.1 Å². The first-order valence-electron chi connectivity index (χ1n) is 10.3. The third kappa shape index (κ3) is 5.10. The normalized spacial score (nSPS) is 14.4. The molecule has 1 amide bonds. The third-order valence-corrected chi connectivity index (χ3v) is 7.10. The fourth-order valence-electron chi connectivity index (χ4n) is 3.07. The van der Waals surface area contributed by atoms with Gasteiger partial charge in [0.1, 0.15) is 21.5 Å². The Morgan fingerprint density at radius 1 is 1.18 bits per heavy atom. The molecule has 1 N–H and O–H groups in total. The first-order chi connectivity index (χ1) is 16.1. The van der Waals surface area contributed by atoms with Gasteiger partial charge in [-0.25, -0.2) is 22.8 Å². The van der Waals surface area contributed by atoms with Crippen molar-refractivity contribution in [3.8, 4) is 23.2 Å². The standard InChI is InChI=1S/C22H23ClN4O6S/c1-22(9-10-22)13-33-19-8-11-27(25-19)18-7-5-15(20(23)24-18)21(28)26-34(29,30)17-6-4-14(31-2)12-16(17)32-3/h4-8,11-12H,9-10,13H2,1-3H3,(H,26,28). The van der Waals surface area contributed by atoms with Gasteiger partial charge in [-0.2, -0.15) is 0 Å². The molecule has 2 aromatic heterocycles. The Kier molecular flexibility index (Phi) is 6.41. The highest BCUT2D eigenvalue weighted by atomic mass is 35.5. The molecule has 2 heterocycles. The van der Waals surface area contributed by atoms with E-state index in [1.165, 1.54) is 49.2 Å². The Labute approximate surface area is 201 Å². The Morgan fingerprint density at radius 3 is 2.59 bits per heavy atom. The molecular formula is C22H23ClN4O6S. The van der Waals surface area contributed by atoms with Crippen molar-refractivity contribution in [2.24, 2.45) is 5.41 Å². The Morgan fingerprint density at radius 2 is 1.94 bits per heavy atom. The molecule has 3 aromatic rings. The lowest BCUT2D eigenvalue weighted by atomic mass is 10.2. The lowest BCUT2D eigenvalue weighted by molar-refractivity contribution is 0.0981. The van der Waals surface area contributed by atoms with E-state index < -0.39 is 15.9 Å². The molecule has 0 unspecified atom stereocenters. The molecule has 1 aliphatic carbocycles. The molecule has 0 atom stereocenters. The summed E-state index contributed by atoms with van der Waals surface area (Å²) in [5.74, 6) is 0.274. The molecular weight excluding hydrogens is 484 g/mol. The van der Waals surface area contributed by atoms with E-state index in [1.54, 1.807) is 12.3 Å². The number of rotatable bonds is 9. The number of aromatic nitrogens is 3. The van der Waals surface area contributed by atoms with E-state index >= 15 is 0 Å². The Bertz CT molecular complexity index is 1340. The number of halogens is 1. The van der Waals surface area contributed by atoms with Gasteiger partial charge in [-0.1, -0.05) is 18.5 Å². The molecule has 1 aromatic carbocycles. The highest BCUT2D eigenvalue weighted by molar-refractivity contribution is 7.90. The summed E-state index contributed by atoms with van der Waals surface area (Å²) in [6.45, 7) is 2.74. The number of pyridine rings is 1. The van der Waals surface area contributed by atoms with Gasteiger partial charge >= 0.3 is 0 Å². The van der Waals surface area contributed by atoms with Crippen molar-refractivity contribution in [3.05, 3.63) is 53.3 Å². The number of carbonyl (C=O) groups excluding carboxylic acids is 1. The predicted octanol–water partition coefficient (Wildman–Crippen LogP) is 3.24. The van der Waals surface area contributed by atoms with Crippen molar-refractivity contribution in [1.29, 1.82) is 0 Å². The van der Waals surface area contributed by atoms with Gasteiger partial charge in [-0.3, -0.25) is 4.79 Å². The van der Waals surface area contributed by atoms with Gasteiger partial charge in [-0.15, -0.1) is 5.10 Å². The van der Waals surface area contributed by atoms with Gasteiger partial charge in [0.15, 0.2) is 5.82 Å². The van der Waals surface area contributed by atoms with Crippen LogP contribution in [0.4, 0.5) is 0 Å². The van der Waals surface area contributed by atoms with Crippen LogP contribution < -0.4 is 18.9 Å². The van der Waals surface area contributed by atoms with Gasteiger partial charge in [0.2, 0.25) is 5.88 Å². The second-order valence-corrected chi connectivity index (χ2v) is 10.2. The molecule has 0 radical (unpaired) electrons. The van der Waals surface area contributed by atoms with Gasteiger partial charge in [-0.05, 0) is 37.1 Å². The number of ether oxygens (including phenoxy) is 3.